The lowest BCUT2D eigenvalue weighted by atomic mass is 10.0. The summed E-state index contributed by atoms with van der Waals surface area (Å²) in [5.41, 5.74) is 0.890. The molecule has 1 rings (SSSR count). The van der Waals surface area contributed by atoms with Crippen LogP contribution in [0.4, 0.5) is 4.39 Å². The third-order valence-electron chi connectivity index (χ3n) is 3.31. The van der Waals surface area contributed by atoms with Gasteiger partial charge in [-0.05, 0) is 31.7 Å². The summed E-state index contributed by atoms with van der Waals surface area (Å²) in [5.74, 6) is -0.684. The highest BCUT2D eigenvalue weighted by atomic mass is 19.1. The van der Waals surface area contributed by atoms with Crippen LogP contribution in [0, 0.1) is 11.7 Å². The van der Waals surface area contributed by atoms with E-state index in [0.29, 0.717) is 6.54 Å². The van der Waals surface area contributed by atoms with Crippen LogP contribution in [0.2, 0.25) is 0 Å². The van der Waals surface area contributed by atoms with E-state index in [1.54, 1.807) is 6.07 Å². The molecule has 0 aliphatic rings. The molecule has 0 N–H and O–H groups in total. The van der Waals surface area contributed by atoms with E-state index in [-0.39, 0.29) is 23.7 Å². The minimum Gasteiger partial charge on any atom is -0.469 e. The van der Waals surface area contributed by atoms with Gasteiger partial charge in [-0.2, -0.15) is 0 Å². The second-order valence-corrected chi connectivity index (χ2v) is 4.60. The smallest absolute Gasteiger partial charge is 0.309 e. The van der Waals surface area contributed by atoms with Gasteiger partial charge in [0.05, 0.1) is 13.0 Å². The van der Waals surface area contributed by atoms with Crippen molar-refractivity contribution in [1.82, 2.24) is 4.90 Å². The number of halogens is 1. The van der Waals surface area contributed by atoms with Crippen LogP contribution in [0.1, 0.15) is 19.4 Å². The van der Waals surface area contributed by atoms with Crippen LogP contribution in [-0.4, -0.2) is 31.1 Å². The van der Waals surface area contributed by atoms with Crippen molar-refractivity contribution in [1.29, 1.82) is 0 Å². The van der Waals surface area contributed by atoms with Crippen molar-refractivity contribution in [3.8, 4) is 0 Å². The fourth-order valence-corrected chi connectivity index (χ4v) is 1.83. The molecule has 2 atom stereocenters. The van der Waals surface area contributed by atoms with Crippen LogP contribution in [0.15, 0.2) is 24.3 Å². The van der Waals surface area contributed by atoms with Gasteiger partial charge in [-0.15, -0.1) is 0 Å². The average Bonchev–Trinajstić information content (AvgIpc) is 2.36. The van der Waals surface area contributed by atoms with Crippen molar-refractivity contribution in [2.45, 2.75) is 26.4 Å². The number of rotatable bonds is 5. The molecular formula is C14H20FNO2. The summed E-state index contributed by atoms with van der Waals surface area (Å²) in [5, 5.41) is 0. The van der Waals surface area contributed by atoms with Gasteiger partial charge in [0.2, 0.25) is 0 Å². The van der Waals surface area contributed by atoms with Crippen LogP contribution in [-0.2, 0) is 16.1 Å². The van der Waals surface area contributed by atoms with E-state index in [1.165, 1.54) is 19.2 Å². The highest BCUT2D eigenvalue weighted by Gasteiger charge is 2.24. The Hall–Kier alpha value is -1.42. The van der Waals surface area contributed by atoms with Crippen LogP contribution in [0.25, 0.3) is 0 Å². The van der Waals surface area contributed by atoms with Gasteiger partial charge in [-0.3, -0.25) is 9.69 Å². The molecule has 0 saturated heterocycles. The van der Waals surface area contributed by atoms with Gasteiger partial charge in [0, 0.05) is 12.6 Å². The molecule has 1 aromatic rings. The van der Waals surface area contributed by atoms with Gasteiger partial charge in [-0.25, -0.2) is 4.39 Å². The minimum absolute atomic E-state index is 0.0284. The Labute approximate surface area is 108 Å². The Kier molecular flexibility index (Phi) is 5.28. The minimum atomic E-state index is -0.241. The van der Waals surface area contributed by atoms with Crippen molar-refractivity contribution >= 4 is 5.97 Å². The zero-order valence-corrected chi connectivity index (χ0v) is 11.3. The Balaban J connectivity index is 2.65. The number of esters is 1. The van der Waals surface area contributed by atoms with Gasteiger partial charge < -0.3 is 4.74 Å². The maximum atomic E-state index is 13.1. The van der Waals surface area contributed by atoms with Crippen molar-refractivity contribution in [3.05, 3.63) is 35.6 Å². The molecule has 0 aliphatic heterocycles. The van der Waals surface area contributed by atoms with E-state index in [2.05, 4.69) is 0 Å². The Morgan fingerprint density at radius 1 is 1.44 bits per heavy atom. The van der Waals surface area contributed by atoms with Gasteiger partial charge in [-0.1, -0.05) is 19.1 Å². The summed E-state index contributed by atoms with van der Waals surface area (Å²) in [6, 6.07) is 6.51. The number of hydrogen-bond acceptors (Lipinski definition) is 3. The van der Waals surface area contributed by atoms with E-state index >= 15 is 0 Å². The van der Waals surface area contributed by atoms with E-state index in [9.17, 15) is 9.18 Å². The van der Waals surface area contributed by atoms with Crippen LogP contribution < -0.4 is 0 Å². The SMILES string of the molecule is COC(=O)C(C)C(C)N(C)Cc1cccc(F)c1. The first-order valence-electron chi connectivity index (χ1n) is 5.98. The first kappa shape index (κ1) is 14.6. The van der Waals surface area contributed by atoms with Gasteiger partial charge in [0.25, 0.3) is 0 Å². The second-order valence-electron chi connectivity index (χ2n) is 4.60. The maximum absolute atomic E-state index is 13.1. The lowest BCUT2D eigenvalue weighted by Gasteiger charge is -2.28. The number of carbonyl (C=O) groups is 1. The molecule has 0 fully saturated rings. The second kappa shape index (κ2) is 6.50. The molecule has 2 unspecified atom stereocenters. The van der Waals surface area contributed by atoms with E-state index in [0.717, 1.165) is 5.56 Å². The molecule has 0 saturated carbocycles. The standard InChI is InChI=1S/C14H20FNO2/c1-10(14(17)18-4)11(2)16(3)9-12-6-5-7-13(15)8-12/h5-8,10-11H,9H2,1-4H3. The lowest BCUT2D eigenvalue weighted by Crippen LogP contribution is -2.38. The normalized spacial score (nSPS) is 14.3. The van der Waals surface area contributed by atoms with E-state index in [4.69, 9.17) is 4.74 Å². The van der Waals surface area contributed by atoms with Gasteiger partial charge >= 0.3 is 5.97 Å². The largest absolute Gasteiger partial charge is 0.469 e. The average molecular weight is 253 g/mol. The van der Waals surface area contributed by atoms with Gasteiger partial charge in [0.1, 0.15) is 5.82 Å². The number of methoxy groups -OCH3 is 1. The molecule has 0 aliphatic carbocycles. The highest BCUT2D eigenvalue weighted by molar-refractivity contribution is 5.72. The van der Waals surface area contributed by atoms with Crippen molar-refractivity contribution < 1.29 is 13.9 Å². The van der Waals surface area contributed by atoms with Crippen molar-refractivity contribution in [3.63, 3.8) is 0 Å². The predicted octanol–water partition coefficient (Wildman–Crippen LogP) is 2.46. The fraction of sp³-hybridized carbons (Fsp3) is 0.500. The summed E-state index contributed by atoms with van der Waals surface area (Å²) in [4.78, 5) is 13.5. The molecule has 0 bridgehead atoms. The number of hydrogen-bond donors (Lipinski definition) is 0. The Morgan fingerprint density at radius 2 is 2.11 bits per heavy atom. The van der Waals surface area contributed by atoms with E-state index < -0.39 is 0 Å². The van der Waals surface area contributed by atoms with Crippen LogP contribution in [0.3, 0.4) is 0 Å². The summed E-state index contributed by atoms with van der Waals surface area (Å²) >= 11 is 0. The molecule has 0 spiro atoms. The first-order valence-corrected chi connectivity index (χ1v) is 5.98. The fourth-order valence-electron chi connectivity index (χ4n) is 1.83. The van der Waals surface area contributed by atoms with Crippen LogP contribution in [0.5, 0.6) is 0 Å². The van der Waals surface area contributed by atoms with Crippen molar-refractivity contribution in [2.24, 2.45) is 5.92 Å². The number of ether oxygens (including phenoxy) is 1. The van der Waals surface area contributed by atoms with Crippen molar-refractivity contribution in [2.75, 3.05) is 14.2 Å². The molecule has 0 amide bonds. The third-order valence-corrected chi connectivity index (χ3v) is 3.31. The zero-order valence-electron chi connectivity index (χ0n) is 11.3. The van der Waals surface area contributed by atoms with Crippen LogP contribution >= 0.6 is 0 Å². The molecule has 4 heteroatoms. The third kappa shape index (κ3) is 3.81. The maximum Gasteiger partial charge on any atom is 0.309 e. The predicted molar refractivity (Wildman–Crippen MR) is 68.5 cm³/mol. The molecule has 1 aromatic carbocycles. The monoisotopic (exact) mass is 253 g/mol. The Morgan fingerprint density at radius 3 is 2.67 bits per heavy atom. The van der Waals surface area contributed by atoms with E-state index in [1.807, 2.05) is 31.9 Å². The Bertz CT molecular complexity index is 409. The molecule has 0 aromatic heterocycles. The molecule has 100 valence electrons. The summed E-state index contributed by atoms with van der Waals surface area (Å²) < 4.78 is 17.8. The molecule has 3 nitrogen and oxygen atoms in total. The first-order chi connectivity index (χ1) is 8.45. The highest BCUT2D eigenvalue weighted by Crippen LogP contribution is 2.14. The summed E-state index contributed by atoms with van der Waals surface area (Å²) in [7, 11) is 3.30. The number of benzene rings is 1. The van der Waals surface area contributed by atoms with Gasteiger partial charge in [0.15, 0.2) is 0 Å². The lowest BCUT2D eigenvalue weighted by molar-refractivity contribution is -0.146. The number of nitrogens with zero attached hydrogens (tertiary/aromatic N) is 1. The zero-order chi connectivity index (χ0) is 13.7. The molecular weight excluding hydrogens is 233 g/mol. The molecule has 0 heterocycles. The summed E-state index contributed by atoms with van der Waals surface area (Å²) in [6.45, 7) is 4.39. The molecule has 0 radical (unpaired) electrons. The molecule has 18 heavy (non-hydrogen) atoms. The quantitative estimate of drug-likeness (QED) is 0.755. The summed E-state index contributed by atoms with van der Waals surface area (Å²) in [6.07, 6.45) is 0. The topological polar surface area (TPSA) is 29.5 Å². The number of carbonyl (C=O) groups excluding carboxylic acids is 1.